The van der Waals surface area contributed by atoms with Gasteiger partial charge in [-0.1, -0.05) is 12.7 Å². The van der Waals surface area contributed by atoms with Gasteiger partial charge in [-0.25, -0.2) is 0 Å². The molecule has 0 aromatic heterocycles. The molecule has 24 heavy (non-hydrogen) atoms. The molecule has 1 N–H and O–H groups in total. The highest BCUT2D eigenvalue weighted by atomic mass is 79.9. The predicted octanol–water partition coefficient (Wildman–Crippen LogP) is 5.05. The molecule has 0 spiro atoms. The summed E-state index contributed by atoms with van der Waals surface area (Å²) < 4.78 is 11.8. The second-order valence-corrected chi connectivity index (χ2v) is 6.24. The van der Waals surface area contributed by atoms with Crippen molar-refractivity contribution in [2.24, 2.45) is 0 Å². The average molecular weight is 390 g/mol. The zero-order valence-electron chi connectivity index (χ0n) is 13.7. The summed E-state index contributed by atoms with van der Waals surface area (Å²) in [6.07, 6.45) is 1.75. The van der Waals surface area contributed by atoms with Crippen molar-refractivity contribution in [2.45, 2.75) is 20.0 Å². The number of nitrogens with one attached hydrogen (secondary N) is 1. The molecule has 1 amide bonds. The van der Waals surface area contributed by atoms with Crippen LogP contribution in [0.4, 0.5) is 5.69 Å². The summed E-state index contributed by atoms with van der Waals surface area (Å²) in [6.45, 7) is 7.96. The Bertz CT molecular complexity index is 711. The number of ether oxygens (including phenoxy) is 2. The van der Waals surface area contributed by atoms with Gasteiger partial charge in [0.2, 0.25) is 0 Å². The highest BCUT2D eigenvalue weighted by molar-refractivity contribution is 9.10. The first-order valence-electron chi connectivity index (χ1n) is 7.61. The SMILES string of the molecule is C=CCOc1ccc(NC(=O)c2ccc(OC(C)C)c(Br)c2)cc1. The first-order valence-corrected chi connectivity index (χ1v) is 8.40. The number of rotatable bonds is 7. The van der Waals surface area contributed by atoms with Gasteiger partial charge in [-0.2, -0.15) is 0 Å². The van der Waals surface area contributed by atoms with E-state index in [0.29, 0.717) is 23.6 Å². The monoisotopic (exact) mass is 389 g/mol. The number of hydrogen-bond donors (Lipinski definition) is 1. The highest BCUT2D eigenvalue weighted by Gasteiger charge is 2.10. The van der Waals surface area contributed by atoms with Crippen molar-refractivity contribution in [1.29, 1.82) is 0 Å². The zero-order chi connectivity index (χ0) is 17.5. The van der Waals surface area contributed by atoms with Crippen molar-refractivity contribution in [3.63, 3.8) is 0 Å². The van der Waals surface area contributed by atoms with Crippen molar-refractivity contribution >= 4 is 27.5 Å². The summed E-state index contributed by atoms with van der Waals surface area (Å²) in [4.78, 5) is 12.3. The second kappa shape index (κ2) is 8.55. The third kappa shape index (κ3) is 5.13. The smallest absolute Gasteiger partial charge is 0.255 e. The molecule has 0 radical (unpaired) electrons. The lowest BCUT2D eigenvalue weighted by molar-refractivity contribution is 0.102. The van der Waals surface area contributed by atoms with E-state index in [0.717, 1.165) is 10.2 Å². The third-order valence-electron chi connectivity index (χ3n) is 3.04. The minimum absolute atomic E-state index is 0.0720. The van der Waals surface area contributed by atoms with Gasteiger partial charge in [-0.15, -0.1) is 0 Å². The topological polar surface area (TPSA) is 47.6 Å². The number of hydrogen-bond acceptors (Lipinski definition) is 3. The van der Waals surface area contributed by atoms with Gasteiger partial charge in [0.15, 0.2) is 0 Å². The first kappa shape index (κ1) is 18.1. The van der Waals surface area contributed by atoms with E-state index in [4.69, 9.17) is 9.47 Å². The Kier molecular flexibility index (Phi) is 6.44. The maximum atomic E-state index is 12.3. The van der Waals surface area contributed by atoms with E-state index < -0.39 is 0 Å². The van der Waals surface area contributed by atoms with Crippen LogP contribution in [0.25, 0.3) is 0 Å². The van der Waals surface area contributed by atoms with Gasteiger partial charge >= 0.3 is 0 Å². The Morgan fingerprint density at radius 1 is 1.25 bits per heavy atom. The number of halogens is 1. The molecule has 0 saturated heterocycles. The number of carbonyl (C=O) groups excluding carboxylic acids is 1. The lowest BCUT2D eigenvalue weighted by Gasteiger charge is -2.12. The Morgan fingerprint density at radius 2 is 1.96 bits per heavy atom. The largest absolute Gasteiger partial charge is 0.490 e. The Hall–Kier alpha value is -2.27. The van der Waals surface area contributed by atoms with Gasteiger partial charge in [-0.3, -0.25) is 4.79 Å². The fourth-order valence-electron chi connectivity index (χ4n) is 1.98. The summed E-state index contributed by atoms with van der Waals surface area (Å²) in [7, 11) is 0. The fraction of sp³-hybridized carbons (Fsp3) is 0.211. The van der Waals surface area contributed by atoms with Crippen LogP contribution in [-0.2, 0) is 0 Å². The van der Waals surface area contributed by atoms with E-state index in [9.17, 15) is 4.79 Å². The Morgan fingerprint density at radius 3 is 2.54 bits per heavy atom. The van der Waals surface area contributed by atoms with E-state index in [1.54, 1.807) is 48.5 Å². The number of anilines is 1. The molecular weight excluding hydrogens is 370 g/mol. The maximum Gasteiger partial charge on any atom is 0.255 e. The molecule has 0 heterocycles. The van der Waals surface area contributed by atoms with E-state index in [1.165, 1.54) is 0 Å². The van der Waals surface area contributed by atoms with Crippen LogP contribution >= 0.6 is 15.9 Å². The van der Waals surface area contributed by atoms with E-state index in [2.05, 4.69) is 27.8 Å². The Labute approximate surface area is 150 Å². The molecule has 5 heteroatoms. The van der Waals surface area contributed by atoms with E-state index >= 15 is 0 Å². The van der Waals surface area contributed by atoms with Gasteiger partial charge in [0.25, 0.3) is 5.91 Å². The van der Waals surface area contributed by atoms with Gasteiger partial charge in [0.1, 0.15) is 18.1 Å². The molecule has 0 fully saturated rings. The highest BCUT2D eigenvalue weighted by Crippen LogP contribution is 2.27. The van der Waals surface area contributed by atoms with Crippen LogP contribution in [0.2, 0.25) is 0 Å². The molecule has 2 aromatic rings. The van der Waals surface area contributed by atoms with Gasteiger partial charge in [0, 0.05) is 11.3 Å². The summed E-state index contributed by atoms with van der Waals surface area (Å²) in [5, 5.41) is 2.85. The molecule has 0 saturated carbocycles. The van der Waals surface area contributed by atoms with Gasteiger partial charge < -0.3 is 14.8 Å². The van der Waals surface area contributed by atoms with Crippen LogP contribution in [-0.4, -0.2) is 18.6 Å². The van der Waals surface area contributed by atoms with Gasteiger partial charge in [0.05, 0.1) is 10.6 Å². The van der Waals surface area contributed by atoms with Crippen LogP contribution in [0.1, 0.15) is 24.2 Å². The molecule has 2 rings (SSSR count). The molecule has 0 aliphatic carbocycles. The molecule has 0 unspecified atom stereocenters. The second-order valence-electron chi connectivity index (χ2n) is 5.39. The van der Waals surface area contributed by atoms with Crippen molar-refractivity contribution in [3.05, 3.63) is 65.2 Å². The summed E-state index contributed by atoms with van der Waals surface area (Å²) in [6, 6.07) is 12.5. The van der Waals surface area contributed by atoms with Gasteiger partial charge in [-0.05, 0) is 72.2 Å². The quantitative estimate of drug-likeness (QED) is 0.673. The summed E-state index contributed by atoms with van der Waals surface area (Å²) >= 11 is 3.43. The van der Waals surface area contributed by atoms with Crippen LogP contribution in [0.5, 0.6) is 11.5 Å². The normalized spacial score (nSPS) is 10.3. The Balaban J connectivity index is 2.04. The van der Waals surface area contributed by atoms with Crippen LogP contribution in [0.3, 0.4) is 0 Å². The van der Waals surface area contributed by atoms with Crippen molar-refractivity contribution in [1.82, 2.24) is 0 Å². The van der Waals surface area contributed by atoms with Crippen molar-refractivity contribution < 1.29 is 14.3 Å². The molecule has 2 aromatic carbocycles. The first-order chi connectivity index (χ1) is 11.5. The molecule has 4 nitrogen and oxygen atoms in total. The lowest BCUT2D eigenvalue weighted by Crippen LogP contribution is -2.12. The molecule has 0 atom stereocenters. The van der Waals surface area contributed by atoms with Crippen LogP contribution in [0.15, 0.2) is 59.6 Å². The summed E-state index contributed by atoms with van der Waals surface area (Å²) in [5.41, 5.74) is 1.24. The van der Waals surface area contributed by atoms with Crippen LogP contribution < -0.4 is 14.8 Å². The summed E-state index contributed by atoms with van der Waals surface area (Å²) in [5.74, 6) is 1.25. The average Bonchev–Trinajstić information content (AvgIpc) is 2.55. The lowest BCUT2D eigenvalue weighted by atomic mass is 10.2. The number of amides is 1. The third-order valence-corrected chi connectivity index (χ3v) is 3.66. The van der Waals surface area contributed by atoms with Crippen LogP contribution in [0, 0.1) is 0 Å². The predicted molar refractivity (Wildman–Crippen MR) is 100.0 cm³/mol. The van der Waals surface area contributed by atoms with E-state index in [-0.39, 0.29) is 12.0 Å². The standard InChI is InChI=1S/C19H20BrNO3/c1-4-11-23-16-8-6-15(7-9-16)21-19(22)14-5-10-18(17(20)12-14)24-13(2)3/h4-10,12-13H,1,11H2,2-3H3,(H,21,22). The molecule has 126 valence electrons. The minimum atomic E-state index is -0.188. The molecular formula is C19H20BrNO3. The molecule has 0 aliphatic rings. The maximum absolute atomic E-state index is 12.3. The number of benzene rings is 2. The zero-order valence-corrected chi connectivity index (χ0v) is 15.3. The minimum Gasteiger partial charge on any atom is -0.490 e. The van der Waals surface area contributed by atoms with Crippen molar-refractivity contribution in [2.75, 3.05) is 11.9 Å². The van der Waals surface area contributed by atoms with E-state index in [1.807, 2.05) is 13.8 Å². The fourth-order valence-corrected chi connectivity index (χ4v) is 2.46. The van der Waals surface area contributed by atoms with Crippen molar-refractivity contribution in [3.8, 4) is 11.5 Å². The number of carbonyl (C=O) groups is 1. The molecule has 0 bridgehead atoms. The molecule has 0 aliphatic heterocycles.